The van der Waals surface area contributed by atoms with Gasteiger partial charge in [-0.1, -0.05) is 28.1 Å². The second-order valence-corrected chi connectivity index (χ2v) is 4.92. The number of rotatable bonds is 4. The number of carbonyl (C=O) groups excluding carboxylic acids is 1. The first-order chi connectivity index (χ1) is 9.19. The molecule has 4 nitrogen and oxygen atoms in total. The predicted octanol–water partition coefficient (Wildman–Crippen LogP) is 2.27. The fraction of sp³-hybridized carbons (Fsp3) is 0.143. The molecule has 0 radical (unpaired) electrons. The van der Waals surface area contributed by atoms with Gasteiger partial charge in [0.2, 0.25) is 0 Å². The highest BCUT2D eigenvalue weighted by Crippen LogP contribution is 2.10. The Balaban J connectivity index is 1.99. The van der Waals surface area contributed by atoms with Crippen molar-refractivity contribution in [3.8, 4) is 0 Å². The van der Waals surface area contributed by atoms with E-state index in [0.717, 1.165) is 10.0 Å². The molecule has 0 spiro atoms. The number of nitrogens with zero attached hydrogens (tertiary/aromatic N) is 1. The van der Waals surface area contributed by atoms with Gasteiger partial charge in [-0.05, 0) is 29.8 Å². The Bertz CT molecular complexity index is 570. The first kappa shape index (κ1) is 13.7. The van der Waals surface area contributed by atoms with Gasteiger partial charge in [0.05, 0.1) is 12.3 Å². The molecule has 2 N–H and O–H groups in total. The first-order valence-electron chi connectivity index (χ1n) is 5.77. The summed E-state index contributed by atoms with van der Waals surface area (Å²) in [5, 5.41) is 11.8. The molecule has 1 amide bonds. The number of carbonyl (C=O) groups is 1. The predicted molar refractivity (Wildman–Crippen MR) is 75.5 cm³/mol. The van der Waals surface area contributed by atoms with Crippen LogP contribution in [0.2, 0.25) is 0 Å². The summed E-state index contributed by atoms with van der Waals surface area (Å²) in [5.74, 6) is -0.181. The van der Waals surface area contributed by atoms with Crippen molar-refractivity contribution in [1.82, 2.24) is 10.3 Å². The van der Waals surface area contributed by atoms with Crippen LogP contribution in [0, 0.1) is 0 Å². The Hall–Kier alpha value is -1.72. The number of aliphatic hydroxyl groups excluding tert-OH is 1. The lowest BCUT2D eigenvalue weighted by Crippen LogP contribution is -2.23. The molecule has 0 unspecified atom stereocenters. The zero-order chi connectivity index (χ0) is 13.7. The van der Waals surface area contributed by atoms with Gasteiger partial charge in [-0.15, -0.1) is 0 Å². The monoisotopic (exact) mass is 320 g/mol. The number of amides is 1. The van der Waals surface area contributed by atoms with Crippen molar-refractivity contribution in [2.45, 2.75) is 13.2 Å². The van der Waals surface area contributed by atoms with Crippen molar-refractivity contribution in [2.24, 2.45) is 0 Å². The molecule has 5 heteroatoms. The topological polar surface area (TPSA) is 62.2 Å². The molecular weight excluding hydrogens is 308 g/mol. The third-order valence-electron chi connectivity index (χ3n) is 2.61. The molecule has 0 bridgehead atoms. The van der Waals surface area contributed by atoms with E-state index in [1.54, 1.807) is 12.1 Å². The standard InChI is InChI=1S/C14H13BrN2O2/c15-12-3-1-10(2-4-12)8-17-14(19)11-5-6-16-13(7-11)9-18/h1-7,18H,8-9H2,(H,17,19). The van der Waals surface area contributed by atoms with Crippen molar-refractivity contribution in [3.05, 3.63) is 63.9 Å². The smallest absolute Gasteiger partial charge is 0.251 e. The van der Waals surface area contributed by atoms with E-state index in [1.165, 1.54) is 6.20 Å². The summed E-state index contributed by atoms with van der Waals surface area (Å²) in [4.78, 5) is 15.9. The van der Waals surface area contributed by atoms with Crippen LogP contribution in [0.4, 0.5) is 0 Å². The Morgan fingerprint density at radius 3 is 2.68 bits per heavy atom. The minimum atomic E-state index is -0.181. The lowest BCUT2D eigenvalue weighted by atomic mass is 10.2. The molecule has 1 aromatic carbocycles. The van der Waals surface area contributed by atoms with Gasteiger partial charge < -0.3 is 10.4 Å². The van der Waals surface area contributed by atoms with Crippen LogP contribution in [0.1, 0.15) is 21.6 Å². The van der Waals surface area contributed by atoms with Crippen LogP contribution in [0.5, 0.6) is 0 Å². The lowest BCUT2D eigenvalue weighted by Gasteiger charge is -2.06. The summed E-state index contributed by atoms with van der Waals surface area (Å²) in [6.07, 6.45) is 1.51. The molecule has 1 aromatic heterocycles. The van der Waals surface area contributed by atoms with E-state index in [1.807, 2.05) is 24.3 Å². The number of hydrogen-bond acceptors (Lipinski definition) is 3. The second kappa shape index (κ2) is 6.45. The SMILES string of the molecule is O=C(NCc1ccc(Br)cc1)c1ccnc(CO)c1. The molecule has 0 saturated heterocycles. The molecule has 2 rings (SSSR count). The van der Waals surface area contributed by atoms with E-state index >= 15 is 0 Å². The Labute approximate surface area is 119 Å². The van der Waals surface area contributed by atoms with Crippen molar-refractivity contribution < 1.29 is 9.90 Å². The molecule has 0 aliphatic carbocycles. The molecule has 2 aromatic rings. The molecule has 98 valence electrons. The number of aliphatic hydroxyl groups is 1. The summed E-state index contributed by atoms with van der Waals surface area (Å²) >= 11 is 3.36. The van der Waals surface area contributed by atoms with Gasteiger partial charge in [-0.25, -0.2) is 0 Å². The van der Waals surface area contributed by atoms with Gasteiger partial charge >= 0.3 is 0 Å². The summed E-state index contributed by atoms with van der Waals surface area (Å²) in [7, 11) is 0. The quantitative estimate of drug-likeness (QED) is 0.908. The van der Waals surface area contributed by atoms with Crippen LogP contribution >= 0.6 is 15.9 Å². The number of aromatic nitrogens is 1. The number of nitrogens with one attached hydrogen (secondary N) is 1. The van der Waals surface area contributed by atoms with E-state index in [-0.39, 0.29) is 12.5 Å². The summed E-state index contributed by atoms with van der Waals surface area (Å²) in [5.41, 5.74) is 2.00. The van der Waals surface area contributed by atoms with Crippen molar-refractivity contribution in [2.75, 3.05) is 0 Å². The summed E-state index contributed by atoms with van der Waals surface area (Å²) in [6.45, 7) is 0.288. The maximum atomic E-state index is 11.9. The fourth-order valence-electron chi connectivity index (χ4n) is 1.59. The summed E-state index contributed by atoms with van der Waals surface area (Å²) in [6, 6.07) is 10.9. The minimum absolute atomic E-state index is 0.173. The average molecular weight is 321 g/mol. The van der Waals surface area contributed by atoms with Crippen LogP contribution in [0.15, 0.2) is 47.1 Å². The molecule has 0 atom stereocenters. The molecule has 0 saturated carbocycles. The number of halogens is 1. The van der Waals surface area contributed by atoms with E-state index < -0.39 is 0 Å². The highest BCUT2D eigenvalue weighted by Gasteiger charge is 2.06. The lowest BCUT2D eigenvalue weighted by molar-refractivity contribution is 0.0950. The Morgan fingerprint density at radius 2 is 2.00 bits per heavy atom. The highest BCUT2D eigenvalue weighted by molar-refractivity contribution is 9.10. The van der Waals surface area contributed by atoms with Gasteiger partial charge in [0.15, 0.2) is 0 Å². The maximum absolute atomic E-state index is 11.9. The molecule has 0 aliphatic heterocycles. The second-order valence-electron chi connectivity index (χ2n) is 4.00. The molecular formula is C14H13BrN2O2. The summed E-state index contributed by atoms with van der Waals surface area (Å²) < 4.78 is 1.00. The largest absolute Gasteiger partial charge is 0.390 e. The molecule has 19 heavy (non-hydrogen) atoms. The van der Waals surface area contributed by atoms with Crippen molar-refractivity contribution in [3.63, 3.8) is 0 Å². The van der Waals surface area contributed by atoms with E-state index in [2.05, 4.69) is 26.2 Å². The van der Waals surface area contributed by atoms with Gasteiger partial charge in [0, 0.05) is 22.8 Å². The van der Waals surface area contributed by atoms with Crippen LogP contribution in [0.25, 0.3) is 0 Å². The van der Waals surface area contributed by atoms with E-state index in [9.17, 15) is 4.79 Å². The minimum Gasteiger partial charge on any atom is -0.390 e. The number of hydrogen-bond donors (Lipinski definition) is 2. The average Bonchev–Trinajstić information content (AvgIpc) is 2.46. The number of benzene rings is 1. The van der Waals surface area contributed by atoms with Gasteiger partial charge in [0.1, 0.15) is 0 Å². The van der Waals surface area contributed by atoms with Crippen LogP contribution in [0.3, 0.4) is 0 Å². The van der Waals surface area contributed by atoms with E-state index in [0.29, 0.717) is 17.8 Å². The normalized spacial score (nSPS) is 10.2. The first-order valence-corrected chi connectivity index (χ1v) is 6.57. The molecule has 1 heterocycles. The van der Waals surface area contributed by atoms with E-state index in [4.69, 9.17) is 5.11 Å². The van der Waals surface area contributed by atoms with Gasteiger partial charge in [0.25, 0.3) is 5.91 Å². The van der Waals surface area contributed by atoms with Crippen molar-refractivity contribution in [1.29, 1.82) is 0 Å². The van der Waals surface area contributed by atoms with Crippen LogP contribution in [-0.2, 0) is 13.2 Å². The third kappa shape index (κ3) is 3.87. The van der Waals surface area contributed by atoms with Gasteiger partial charge in [-0.2, -0.15) is 0 Å². The number of pyridine rings is 1. The van der Waals surface area contributed by atoms with Crippen LogP contribution < -0.4 is 5.32 Å². The Morgan fingerprint density at radius 1 is 1.26 bits per heavy atom. The molecule has 0 fully saturated rings. The van der Waals surface area contributed by atoms with Gasteiger partial charge in [-0.3, -0.25) is 9.78 Å². The van der Waals surface area contributed by atoms with Crippen LogP contribution in [-0.4, -0.2) is 16.0 Å². The third-order valence-corrected chi connectivity index (χ3v) is 3.14. The molecule has 0 aliphatic rings. The van der Waals surface area contributed by atoms with Crippen molar-refractivity contribution >= 4 is 21.8 Å². The zero-order valence-corrected chi connectivity index (χ0v) is 11.7. The maximum Gasteiger partial charge on any atom is 0.251 e. The fourth-order valence-corrected chi connectivity index (χ4v) is 1.86. The Kier molecular flexibility index (Phi) is 4.65. The highest BCUT2D eigenvalue weighted by atomic mass is 79.9. The zero-order valence-electron chi connectivity index (χ0n) is 10.1.